The van der Waals surface area contributed by atoms with Gasteiger partial charge in [-0.25, -0.2) is 5.43 Å². The van der Waals surface area contributed by atoms with E-state index in [-0.39, 0.29) is 5.91 Å². The van der Waals surface area contributed by atoms with Gasteiger partial charge in [-0.3, -0.25) is 4.79 Å². The number of nitrogens with one attached hydrogen (secondary N) is 1. The summed E-state index contributed by atoms with van der Waals surface area (Å²) in [5.41, 5.74) is 3.53. The molecule has 26 heavy (non-hydrogen) atoms. The highest BCUT2D eigenvalue weighted by atomic mass is 35.5. The van der Waals surface area contributed by atoms with Crippen LogP contribution in [0.5, 0.6) is 11.5 Å². The van der Waals surface area contributed by atoms with Gasteiger partial charge >= 0.3 is 0 Å². The second-order valence-electron chi connectivity index (χ2n) is 5.95. The molecule has 0 unspecified atom stereocenters. The second kappa shape index (κ2) is 9.46. The summed E-state index contributed by atoms with van der Waals surface area (Å²) in [6.07, 6.45) is 1.46. The molecule has 1 N–H and O–H groups in total. The number of carbonyl (C=O) groups excluding carboxylic acids is 1. The molecule has 5 nitrogen and oxygen atoms in total. The molecule has 0 saturated heterocycles. The van der Waals surface area contributed by atoms with Crippen molar-refractivity contribution < 1.29 is 14.3 Å². The van der Waals surface area contributed by atoms with Crippen LogP contribution < -0.4 is 14.9 Å². The molecule has 2 aromatic rings. The number of hydrogen-bond donors (Lipinski definition) is 1. The molecular formula is C19H20Cl2N2O3. The van der Waals surface area contributed by atoms with E-state index in [4.69, 9.17) is 32.7 Å². The Balaban J connectivity index is 2.04. The zero-order valence-electron chi connectivity index (χ0n) is 14.8. The van der Waals surface area contributed by atoms with Crippen LogP contribution in [0, 0.1) is 5.92 Å². The lowest BCUT2D eigenvalue weighted by atomic mass is 10.2. The lowest BCUT2D eigenvalue weighted by Crippen LogP contribution is -2.17. The van der Waals surface area contributed by atoms with Gasteiger partial charge in [0.1, 0.15) is 5.75 Å². The Morgan fingerprint density at radius 1 is 1.23 bits per heavy atom. The van der Waals surface area contributed by atoms with E-state index in [0.29, 0.717) is 45.2 Å². The Morgan fingerprint density at radius 3 is 2.54 bits per heavy atom. The maximum absolute atomic E-state index is 12.1. The molecule has 2 aromatic carbocycles. The van der Waals surface area contributed by atoms with Gasteiger partial charge in [0.15, 0.2) is 5.75 Å². The zero-order valence-corrected chi connectivity index (χ0v) is 16.3. The third-order valence-electron chi connectivity index (χ3n) is 3.29. The van der Waals surface area contributed by atoms with Gasteiger partial charge < -0.3 is 9.47 Å². The third-order valence-corrected chi connectivity index (χ3v) is 3.85. The minimum atomic E-state index is -0.353. The van der Waals surface area contributed by atoms with Gasteiger partial charge in [0.25, 0.3) is 5.91 Å². The standard InChI is InChI=1S/C19H20Cl2N2O3/c1-12(2)11-26-18-16(20)7-13(8-17(18)21)10-22-23-19(24)14-5-4-6-15(9-14)25-3/h4-10,12H,11H2,1-3H3,(H,23,24)/b22-10+. The first-order chi connectivity index (χ1) is 12.4. The van der Waals surface area contributed by atoms with E-state index in [2.05, 4.69) is 10.5 Å². The summed E-state index contributed by atoms with van der Waals surface area (Å²) in [7, 11) is 1.54. The van der Waals surface area contributed by atoms with Crippen LogP contribution in [0.25, 0.3) is 0 Å². The van der Waals surface area contributed by atoms with Crippen LogP contribution in [0.1, 0.15) is 29.8 Å². The zero-order chi connectivity index (χ0) is 19.1. The van der Waals surface area contributed by atoms with E-state index in [1.54, 1.807) is 36.4 Å². The van der Waals surface area contributed by atoms with Crippen molar-refractivity contribution in [1.29, 1.82) is 0 Å². The number of amides is 1. The van der Waals surface area contributed by atoms with Crippen LogP contribution in [0.2, 0.25) is 10.0 Å². The Labute approximate surface area is 162 Å². The first-order valence-corrected chi connectivity index (χ1v) is 8.75. The van der Waals surface area contributed by atoms with E-state index in [1.165, 1.54) is 13.3 Å². The van der Waals surface area contributed by atoms with E-state index in [9.17, 15) is 4.79 Å². The average molecular weight is 395 g/mol. The molecule has 2 rings (SSSR count). The number of hydrogen-bond acceptors (Lipinski definition) is 4. The predicted molar refractivity (Wildman–Crippen MR) is 105 cm³/mol. The molecule has 0 aromatic heterocycles. The summed E-state index contributed by atoms with van der Waals surface area (Å²) < 4.78 is 10.7. The van der Waals surface area contributed by atoms with Crippen LogP contribution in [-0.4, -0.2) is 25.8 Å². The van der Waals surface area contributed by atoms with Gasteiger partial charge in [0.2, 0.25) is 0 Å². The molecule has 7 heteroatoms. The fourth-order valence-corrected chi connectivity index (χ4v) is 2.65. The predicted octanol–water partition coefficient (Wildman–Crippen LogP) is 4.80. The number of rotatable bonds is 7. The van der Waals surface area contributed by atoms with Crippen molar-refractivity contribution >= 4 is 35.3 Å². The van der Waals surface area contributed by atoms with Crippen molar-refractivity contribution in [3.63, 3.8) is 0 Å². The lowest BCUT2D eigenvalue weighted by molar-refractivity contribution is 0.0955. The molecule has 0 aliphatic carbocycles. The number of benzene rings is 2. The monoisotopic (exact) mass is 394 g/mol. The van der Waals surface area contributed by atoms with Gasteiger partial charge in [-0.2, -0.15) is 5.10 Å². The van der Waals surface area contributed by atoms with Gasteiger partial charge in [-0.1, -0.05) is 43.1 Å². The van der Waals surface area contributed by atoms with Gasteiger partial charge in [-0.15, -0.1) is 0 Å². The highest BCUT2D eigenvalue weighted by Gasteiger charge is 2.10. The van der Waals surface area contributed by atoms with Crippen molar-refractivity contribution in [2.24, 2.45) is 11.0 Å². The van der Waals surface area contributed by atoms with E-state index < -0.39 is 0 Å². The topological polar surface area (TPSA) is 59.9 Å². The fourth-order valence-electron chi connectivity index (χ4n) is 2.04. The smallest absolute Gasteiger partial charge is 0.271 e. The summed E-state index contributed by atoms with van der Waals surface area (Å²) in [6.45, 7) is 4.59. The Morgan fingerprint density at radius 2 is 1.92 bits per heavy atom. The first-order valence-electron chi connectivity index (χ1n) is 8.00. The molecule has 0 radical (unpaired) electrons. The highest BCUT2D eigenvalue weighted by Crippen LogP contribution is 2.34. The van der Waals surface area contributed by atoms with Gasteiger partial charge in [0, 0.05) is 5.56 Å². The van der Waals surface area contributed by atoms with Crippen molar-refractivity contribution in [3.8, 4) is 11.5 Å². The molecular weight excluding hydrogens is 375 g/mol. The molecule has 0 aliphatic rings. The Bertz CT molecular complexity index is 784. The number of hydrazone groups is 1. The second-order valence-corrected chi connectivity index (χ2v) is 6.76. The lowest BCUT2D eigenvalue weighted by Gasteiger charge is -2.12. The van der Waals surface area contributed by atoms with Crippen molar-refractivity contribution in [2.45, 2.75) is 13.8 Å². The van der Waals surface area contributed by atoms with Crippen LogP contribution >= 0.6 is 23.2 Å². The minimum Gasteiger partial charge on any atom is -0.497 e. The molecule has 0 saturated carbocycles. The number of carbonyl (C=O) groups is 1. The SMILES string of the molecule is COc1cccc(C(=O)N/N=C/c2cc(Cl)c(OCC(C)C)c(Cl)c2)c1. The largest absolute Gasteiger partial charge is 0.497 e. The van der Waals surface area contributed by atoms with Crippen LogP contribution in [0.4, 0.5) is 0 Å². The molecule has 0 spiro atoms. The van der Waals surface area contributed by atoms with Crippen molar-refractivity contribution in [3.05, 3.63) is 57.6 Å². The highest BCUT2D eigenvalue weighted by molar-refractivity contribution is 6.37. The summed E-state index contributed by atoms with van der Waals surface area (Å²) in [5.74, 6) is 1.04. The maximum Gasteiger partial charge on any atom is 0.271 e. The molecule has 0 heterocycles. The Hall–Kier alpha value is -2.24. The summed E-state index contributed by atoms with van der Waals surface area (Å²) >= 11 is 12.4. The van der Waals surface area contributed by atoms with Gasteiger partial charge in [0.05, 0.1) is 30.0 Å². The van der Waals surface area contributed by atoms with Crippen LogP contribution in [0.15, 0.2) is 41.5 Å². The van der Waals surface area contributed by atoms with E-state index in [0.717, 1.165) is 0 Å². The quantitative estimate of drug-likeness (QED) is 0.541. The van der Waals surface area contributed by atoms with Crippen LogP contribution in [-0.2, 0) is 0 Å². The molecule has 0 aliphatic heterocycles. The van der Waals surface area contributed by atoms with E-state index in [1.807, 2.05) is 13.8 Å². The maximum atomic E-state index is 12.1. The fraction of sp³-hybridized carbons (Fsp3) is 0.263. The summed E-state index contributed by atoms with van der Waals surface area (Å²) in [5, 5.41) is 4.71. The number of ether oxygens (including phenoxy) is 2. The normalized spacial score (nSPS) is 11.0. The van der Waals surface area contributed by atoms with Gasteiger partial charge in [-0.05, 0) is 41.8 Å². The number of nitrogens with zero attached hydrogens (tertiary/aromatic N) is 1. The molecule has 0 fully saturated rings. The minimum absolute atomic E-state index is 0.353. The Kier molecular flexibility index (Phi) is 7.30. The molecule has 138 valence electrons. The van der Waals surface area contributed by atoms with Crippen molar-refractivity contribution in [2.75, 3.05) is 13.7 Å². The first kappa shape index (κ1) is 20.1. The molecule has 1 amide bonds. The van der Waals surface area contributed by atoms with E-state index >= 15 is 0 Å². The van der Waals surface area contributed by atoms with Crippen LogP contribution in [0.3, 0.4) is 0 Å². The molecule has 0 atom stereocenters. The summed E-state index contributed by atoms with van der Waals surface area (Å²) in [4.78, 5) is 12.1. The third kappa shape index (κ3) is 5.64. The summed E-state index contributed by atoms with van der Waals surface area (Å²) in [6, 6.07) is 10.1. The number of methoxy groups -OCH3 is 1. The molecule has 0 bridgehead atoms. The van der Waals surface area contributed by atoms with Crippen molar-refractivity contribution in [1.82, 2.24) is 5.43 Å². The number of halogens is 2. The average Bonchev–Trinajstić information content (AvgIpc) is 2.60.